The van der Waals surface area contributed by atoms with Crippen LogP contribution < -0.4 is 0 Å². The van der Waals surface area contributed by atoms with E-state index in [1.165, 1.54) is 16.9 Å². The van der Waals surface area contributed by atoms with Crippen LogP contribution in [0.2, 0.25) is 5.02 Å². The number of halogens is 1. The molecule has 0 amide bonds. The quantitative estimate of drug-likeness (QED) is 0.808. The summed E-state index contributed by atoms with van der Waals surface area (Å²) in [5.74, 6) is 0. The second kappa shape index (κ2) is 6.15. The topological polar surface area (TPSA) is 32.8 Å². The third-order valence-corrected chi connectivity index (χ3v) is 3.66. The fourth-order valence-electron chi connectivity index (χ4n) is 1.65. The molecule has 0 aliphatic carbocycles. The van der Waals surface area contributed by atoms with Gasteiger partial charge in [0.2, 0.25) is 0 Å². The Morgan fingerprint density at radius 1 is 1.18 bits per heavy atom. The lowest BCUT2D eigenvalue weighted by Gasteiger charge is -2.00. The Balaban J connectivity index is 1.81. The van der Waals surface area contributed by atoms with Crippen molar-refractivity contribution in [3.63, 3.8) is 0 Å². The molecule has 0 N–H and O–H groups in total. The fourth-order valence-corrected chi connectivity index (χ4v) is 2.46. The second-order valence-electron chi connectivity index (χ2n) is 3.86. The van der Waals surface area contributed by atoms with Gasteiger partial charge in [-0.3, -0.25) is 0 Å². The number of nitrogens with zero attached hydrogens (tertiary/aromatic N) is 1. The molecular formula is C13H13ClNOS. The number of hydrogen-bond donors (Lipinski definition) is 0. The van der Waals surface area contributed by atoms with E-state index in [9.17, 15) is 5.11 Å². The number of aryl methyl sites for hydroxylation is 2. The predicted octanol–water partition coefficient (Wildman–Crippen LogP) is 3.90. The molecule has 2 aromatic rings. The zero-order chi connectivity index (χ0) is 12.1. The molecule has 1 aromatic carbocycles. The first-order valence-electron chi connectivity index (χ1n) is 5.54. The normalized spacial score (nSPS) is 10.7. The van der Waals surface area contributed by atoms with Crippen LogP contribution in [0.5, 0.6) is 0 Å². The summed E-state index contributed by atoms with van der Waals surface area (Å²) in [5, 5.41) is 14.0. The Bertz CT molecular complexity index is 467. The minimum atomic E-state index is -0.206. The van der Waals surface area contributed by atoms with Crippen LogP contribution in [0.1, 0.15) is 22.7 Å². The fraction of sp³-hybridized carbons (Fsp3) is 0.308. The van der Waals surface area contributed by atoms with Crippen molar-refractivity contribution in [3.05, 3.63) is 50.9 Å². The molecule has 4 heteroatoms. The molecule has 2 nitrogen and oxygen atoms in total. The van der Waals surface area contributed by atoms with Gasteiger partial charge in [0, 0.05) is 10.4 Å². The molecule has 0 aliphatic rings. The number of thiazole rings is 1. The highest BCUT2D eigenvalue weighted by Crippen LogP contribution is 2.14. The van der Waals surface area contributed by atoms with E-state index in [4.69, 9.17) is 11.6 Å². The largest absolute Gasteiger partial charge is 0.244 e. The predicted molar refractivity (Wildman–Crippen MR) is 70.0 cm³/mol. The van der Waals surface area contributed by atoms with E-state index in [2.05, 4.69) is 4.98 Å². The lowest BCUT2D eigenvalue weighted by atomic mass is 10.1. The third-order valence-electron chi connectivity index (χ3n) is 2.53. The van der Waals surface area contributed by atoms with Gasteiger partial charge >= 0.3 is 0 Å². The number of benzene rings is 1. The summed E-state index contributed by atoms with van der Waals surface area (Å²) in [6, 6.07) is 7.92. The third kappa shape index (κ3) is 3.80. The lowest BCUT2D eigenvalue weighted by molar-refractivity contribution is 0.177. The number of aromatic nitrogens is 1. The molecule has 1 aromatic heterocycles. The maximum absolute atomic E-state index is 10.6. The van der Waals surface area contributed by atoms with Crippen molar-refractivity contribution in [2.45, 2.75) is 25.9 Å². The standard InChI is InChI=1S/C13H13ClNOS/c14-11-6-4-10(5-7-11)2-1-3-12-9-17-13(8-16)15-12/h4-7,9H,1-3,8H2. The molecule has 1 heterocycles. The van der Waals surface area contributed by atoms with E-state index in [1.54, 1.807) is 0 Å². The maximum Gasteiger partial charge on any atom is 0.134 e. The zero-order valence-electron chi connectivity index (χ0n) is 9.36. The average Bonchev–Trinajstić information content (AvgIpc) is 2.80. The number of hydrogen-bond acceptors (Lipinski definition) is 2. The molecule has 17 heavy (non-hydrogen) atoms. The molecule has 0 aliphatic heterocycles. The van der Waals surface area contributed by atoms with Crippen molar-refractivity contribution in [3.8, 4) is 0 Å². The van der Waals surface area contributed by atoms with Crippen molar-refractivity contribution >= 4 is 22.9 Å². The van der Waals surface area contributed by atoms with Crippen LogP contribution in [0.4, 0.5) is 0 Å². The van der Waals surface area contributed by atoms with Crippen molar-refractivity contribution in [2.24, 2.45) is 0 Å². The number of rotatable bonds is 5. The lowest BCUT2D eigenvalue weighted by Crippen LogP contribution is -1.91. The van der Waals surface area contributed by atoms with Crippen LogP contribution in [-0.2, 0) is 24.6 Å². The first-order chi connectivity index (χ1) is 8.28. The Morgan fingerprint density at radius 3 is 2.59 bits per heavy atom. The zero-order valence-corrected chi connectivity index (χ0v) is 10.9. The highest BCUT2D eigenvalue weighted by molar-refractivity contribution is 7.09. The van der Waals surface area contributed by atoms with Crippen molar-refractivity contribution in [1.29, 1.82) is 0 Å². The van der Waals surface area contributed by atoms with Gasteiger partial charge in [0.05, 0.1) is 5.69 Å². The van der Waals surface area contributed by atoms with E-state index in [0.717, 1.165) is 30.0 Å². The smallest absolute Gasteiger partial charge is 0.134 e. The summed E-state index contributed by atoms with van der Waals surface area (Å²) < 4.78 is 0. The summed E-state index contributed by atoms with van der Waals surface area (Å²) in [7, 11) is 0. The van der Waals surface area contributed by atoms with Gasteiger partial charge in [-0.25, -0.2) is 10.1 Å². The molecule has 0 unspecified atom stereocenters. The molecule has 0 saturated heterocycles. The van der Waals surface area contributed by atoms with Crippen LogP contribution in [-0.4, -0.2) is 4.98 Å². The van der Waals surface area contributed by atoms with Gasteiger partial charge in [-0.05, 0) is 37.0 Å². The summed E-state index contributed by atoms with van der Waals surface area (Å²) in [6.07, 6.45) is 2.99. The summed E-state index contributed by atoms with van der Waals surface area (Å²) in [5.41, 5.74) is 2.32. The van der Waals surface area contributed by atoms with E-state index in [1.807, 2.05) is 29.6 Å². The Hall–Kier alpha value is -0.900. The van der Waals surface area contributed by atoms with Gasteiger partial charge in [0.15, 0.2) is 0 Å². The first kappa shape index (κ1) is 12.6. The molecule has 0 bridgehead atoms. The minimum Gasteiger partial charge on any atom is -0.244 e. The molecule has 2 rings (SSSR count). The van der Waals surface area contributed by atoms with Gasteiger partial charge in [-0.2, -0.15) is 0 Å². The van der Waals surface area contributed by atoms with E-state index in [-0.39, 0.29) is 6.61 Å². The van der Waals surface area contributed by atoms with Gasteiger partial charge < -0.3 is 0 Å². The molecule has 89 valence electrons. The van der Waals surface area contributed by atoms with Gasteiger partial charge in [0.25, 0.3) is 0 Å². The summed E-state index contributed by atoms with van der Waals surface area (Å²) in [6.45, 7) is -0.206. The molecule has 0 spiro atoms. The summed E-state index contributed by atoms with van der Waals surface area (Å²) in [4.78, 5) is 4.26. The van der Waals surface area contributed by atoms with Crippen LogP contribution in [0.15, 0.2) is 29.6 Å². The van der Waals surface area contributed by atoms with Crippen LogP contribution in [0, 0.1) is 0 Å². The van der Waals surface area contributed by atoms with Crippen molar-refractivity contribution in [1.82, 2.24) is 4.98 Å². The maximum atomic E-state index is 10.6. The van der Waals surface area contributed by atoms with Gasteiger partial charge in [-0.15, -0.1) is 11.3 Å². The summed E-state index contributed by atoms with van der Waals surface area (Å²) >= 11 is 7.28. The molecule has 0 atom stereocenters. The molecule has 0 saturated carbocycles. The minimum absolute atomic E-state index is 0.206. The van der Waals surface area contributed by atoms with Crippen LogP contribution >= 0.6 is 22.9 Å². The van der Waals surface area contributed by atoms with Gasteiger partial charge in [0.1, 0.15) is 11.6 Å². The Kier molecular flexibility index (Phi) is 4.54. The van der Waals surface area contributed by atoms with E-state index in [0.29, 0.717) is 5.01 Å². The monoisotopic (exact) mass is 266 g/mol. The van der Waals surface area contributed by atoms with Crippen molar-refractivity contribution in [2.75, 3.05) is 0 Å². The van der Waals surface area contributed by atoms with Crippen LogP contribution in [0.3, 0.4) is 0 Å². The van der Waals surface area contributed by atoms with E-state index >= 15 is 0 Å². The Labute approximate surface area is 110 Å². The van der Waals surface area contributed by atoms with Crippen LogP contribution in [0.25, 0.3) is 0 Å². The molecule has 0 fully saturated rings. The van der Waals surface area contributed by atoms with Crippen molar-refractivity contribution < 1.29 is 5.11 Å². The van der Waals surface area contributed by atoms with Gasteiger partial charge in [-0.1, -0.05) is 23.7 Å². The van der Waals surface area contributed by atoms with E-state index < -0.39 is 0 Å². The second-order valence-corrected chi connectivity index (χ2v) is 5.24. The average molecular weight is 267 g/mol. The molecule has 1 radical (unpaired) electrons. The Morgan fingerprint density at radius 2 is 1.94 bits per heavy atom. The SMILES string of the molecule is [O]Cc1nc(CCCc2ccc(Cl)cc2)cs1. The highest BCUT2D eigenvalue weighted by Gasteiger charge is 2.01. The first-order valence-corrected chi connectivity index (χ1v) is 6.79. The highest BCUT2D eigenvalue weighted by atomic mass is 35.5. The molecular weight excluding hydrogens is 254 g/mol.